The Labute approximate surface area is 110 Å². The molecule has 19 heavy (non-hydrogen) atoms. The van der Waals surface area contributed by atoms with Crippen molar-refractivity contribution in [3.63, 3.8) is 0 Å². The zero-order valence-corrected chi connectivity index (χ0v) is 10.6. The molecule has 2 aliphatic rings. The number of hydrogen-bond donors (Lipinski definition) is 1. The summed E-state index contributed by atoms with van der Waals surface area (Å²) >= 11 is 0. The van der Waals surface area contributed by atoms with E-state index in [0.29, 0.717) is 24.3 Å². The number of hydrogen-bond acceptors (Lipinski definition) is 6. The Morgan fingerprint density at radius 1 is 1.32 bits per heavy atom. The highest BCUT2D eigenvalue weighted by molar-refractivity contribution is 5.02. The smallest absolute Gasteiger partial charge is 0.229 e. The molecule has 0 spiro atoms. The molecular weight excluding hydrogens is 244 g/mol. The predicted octanol–water partition coefficient (Wildman–Crippen LogP) is 0.839. The Kier molecular flexibility index (Phi) is 2.58. The first-order valence-corrected chi connectivity index (χ1v) is 6.82. The van der Waals surface area contributed by atoms with Crippen LogP contribution in [0.3, 0.4) is 0 Å². The van der Waals surface area contributed by atoms with Crippen molar-refractivity contribution in [1.29, 1.82) is 0 Å². The fourth-order valence-electron chi connectivity index (χ4n) is 2.01. The Morgan fingerprint density at radius 3 is 3.00 bits per heavy atom. The van der Waals surface area contributed by atoms with Crippen LogP contribution in [0, 0.1) is 0 Å². The first-order valence-electron chi connectivity index (χ1n) is 6.82. The van der Waals surface area contributed by atoms with Gasteiger partial charge >= 0.3 is 0 Å². The third-order valence-electron chi connectivity index (χ3n) is 3.45. The number of nitrogens with one attached hydrogen (secondary N) is 1. The second-order valence-electron chi connectivity index (χ2n) is 5.39. The second kappa shape index (κ2) is 4.41. The van der Waals surface area contributed by atoms with E-state index < -0.39 is 0 Å². The van der Waals surface area contributed by atoms with Crippen LogP contribution in [0.1, 0.15) is 49.0 Å². The standard InChI is InChI=1S/C12H16N6O/c1-2-8(1)12-14-11(16-19-12)7-18-6-10(15-17-18)5-13-9-3-4-9/h6,8-9,13H,1-5,7H2. The molecule has 0 aliphatic heterocycles. The molecule has 2 heterocycles. The van der Waals surface area contributed by atoms with Crippen molar-refractivity contribution in [3.8, 4) is 0 Å². The lowest BCUT2D eigenvalue weighted by Gasteiger charge is -1.96. The van der Waals surface area contributed by atoms with Gasteiger partial charge in [0.05, 0.1) is 11.9 Å². The lowest BCUT2D eigenvalue weighted by molar-refractivity contribution is 0.372. The average Bonchev–Trinajstić information content (AvgIpc) is 3.34. The van der Waals surface area contributed by atoms with Crippen LogP contribution in [-0.2, 0) is 13.1 Å². The van der Waals surface area contributed by atoms with Gasteiger partial charge in [0.25, 0.3) is 0 Å². The van der Waals surface area contributed by atoms with Crippen molar-refractivity contribution in [3.05, 3.63) is 23.6 Å². The molecule has 100 valence electrons. The van der Waals surface area contributed by atoms with Crippen LogP contribution in [0.4, 0.5) is 0 Å². The molecule has 2 aliphatic carbocycles. The Balaban J connectivity index is 1.37. The summed E-state index contributed by atoms with van der Waals surface area (Å²) in [4.78, 5) is 4.38. The quantitative estimate of drug-likeness (QED) is 0.828. The maximum Gasteiger partial charge on any atom is 0.229 e. The Morgan fingerprint density at radius 2 is 2.21 bits per heavy atom. The normalized spacial score (nSPS) is 18.9. The molecule has 0 amide bonds. The van der Waals surface area contributed by atoms with Gasteiger partial charge in [0.1, 0.15) is 6.54 Å². The molecule has 2 fully saturated rings. The van der Waals surface area contributed by atoms with Crippen LogP contribution in [0.2, 0.25) is 0 Å². The highest BCUT2D eigenvalue weighted by Crippen LogP contribution is 2.38. The molecule has 4 rings (SSSR count). The van der Waals surface area contributed by atoms with E-state index in [9.17, 15) is 0 Å². The zero-order valence-electron chi connectivity index (χ0n) is 10.6. The summed E-state index contributed by atoms with van der Waals surface area (Å²) in [5.41, 5.74) is 0.956. The average molecular weight is 260 g/mol. The van der Waals surface area contributed by atoms with Crippen molar-refractivity contribution >= 4 is 0 Å². The van der Waals surface area contributed by atoms with Gasteiger partial charge in [-0.25, -0.2) is 4.68 Å². The maximum atomic E-state index is 5.22. The zero-order chi connectivity index (χ0) is 12.7. The third kappa shape index (κ3) is 2.65. The number of nitrogens with zero attached hydrogens (tertiary/aromatic N) is 5. The molecule has 0 saturated heterocycles. The first kappa shape index (κ1) is 11.1. The van der Waals surface area contributed by atoms with Crippen molar-refractivity contribution in [1.82, 2.24) is 30.5 Å². The summed E-state index contributed by atoms with van der Waals surface area (Å²) in [6.45, 7) is 1.30. The van der Waals surface area contributed by atoms with Gasteiger partial charge in [0.2, 0.25) is 5.89 Å². The van der Waals surface area contributed by atoms with Crippen LogP contribution in [-0.4, -0.2) is 31.2 Å². The van der Waals surface area contributed by atoms with E-state index in [1.807, 2.05) is 6.20 Å². The van der Waals surface area contributed by atoms with E-state index in [1.54, 1.807) is 4.68 Å². The fraction of sp³-hybridized carbons (Fsp3) is 0.667. The Hall–Kier alpha value is -1.76. The SMILES string of the molecule is c1c(CNC2CC2)nnn1Cc1noc(C2CC2)n1. The van der Waals surface area contributed by atoms with E-state index >= 15 is 0 Å². The minimum atomic E-state index is 0.496. The van der Waals surface area contributed by atoms with Gasteiger partial charge in [0, 0.05) is 18.5 Å². The van der Waals surface area contributed by atoms with Gasteiger partial charge in [-0.15, -0.1) is 5.10 Å². The number of aromatic nitrogens is 5. The molecule has 0 atom stereocenters. The predicted molar refractivity (Wildman–Crippen MR) is 65.3 cm³/mol. The van der Waals surface area contributed by atoms with Crippen LogP contribution in [0.25, 0.3) is 0 Å². The third-order valence-corrected chi connectivity index (χ3v) is 3.45. The van der Waals surface area contributed by atoms with Crippen LogP contribution < -0.4 is 5.32 Å². The molecule has 2 aromatic rings. The summed E-state index contributed by atoms with van der Waals surface area (Å²) < 4.78 is 6.98. The first-order chi connectivity index (χ1) is 9.37. The molecule has 0 bridgehead atoms. The summed E-state index contributed by atoms with van der Waals surface area (Å²) in [5, 5.41) is 15.6. The molecule has 0 radical (unpaired) electrons. The number of rotatable bonds is 6. The highest BCUT2D eigenvalue weighted by Gasteiger charge is 2.29. The molecule has 7 nitrogen and oxygen atoms in total. The summed E-state index contributed by atoms with van der Waals surface area (Å²) in [6, 6.07) is 0.684. The minimum absolute atomic E-state index is 0.496. The molecule has 1 N–H and O–H groups in total. The summed E-state index contributed by atoms with van der Waals surface area (Å²) in [6.07, 6.45) is 6.83. The second-order valence-corrected chi connectivity index (χ2v) is 5.39. The van der Waals surface area contributed by atoms with Crippen LogP contribution in [0.15, 0.2) is 10.7 Å². The van der Waals surface area contributed by atoms with Crippen LogP contribution >= 0.6 is 0 Å². The van der Waals surface area contributed by atoms with E-state index in [0.717, 1.165) is 18.1 Å². The topological polar surface area (TPSA) is 81.7 Å². The molecule has 0 aromatic carbocycles. The van der Waals surface area contributed by atoms with E-state index in [4.69, 9.17) is 4.52 Å². The fourth-order valence-corrected chi connectivity index (χ4v) is 2.01. The largest absolute Gasteiger partial charge is 0.339 e. The minimum Gasteiger partial charge on any atom is -0.339 e. The van der Waals surface area contributed by atoms with E-state index in [-0.39, 0.29) is 0 Å². The van der Waals surface area contributed by atoms with Gasteiger partial charge in [-0.3, -0.25) is 0 Å². The monoisotopic (exact) mass is 260 g/mol. The summed E-state index contributed by atoms with van der Waals surface area (Å²) in [5.74, 6) is 1.94. The molecule has 0 unspecified atom stereocenters. The lowest BCUT2D eigenvalue weighted by Crippen LogP contribution is -2.15. The van der Waals surface area contributed by atoms with Gasteiger partial charge < -0.3 is 9.84 Å². The Bertz CT molecular complexity index is 568. The van der Waals surface area contributed by atoms with Crippen molar-refractivity contribution < 1.29 is 4.52 Å². The van der Waals surface area contributed by atoms with Gasteiger partial charge in [0.15, 0.2) is 5.82 Å². The highest BCUT2D eigenvalue weighted by atomic mass is 16.5. The molecule has 7 heteroatoms. The van der Waals surface area contributed by atoms with Crippen LogP contribution in [0.5, 0.6) is 0 Å². The van der Waals surface area contributed by atoms with Crippen molar-refractivity contribution in [2.45, 2.75) is 50.7 Å². The molecular formula is C12H16N6O. The maximum absolute atomic E-state index is 5.22. The van der Waals surface area contributed by atoms with E-state index in [2.05, 4.69) is 25.8 Å². The lowest BCUT2D eigenvalue weighted by atomic mass is 10.4. The van der Waals surface area contributed by atoms with Crippen molar-refractivity contribution in [2.24, 2.45) is 0 Å². The molecule has 2 aromatic heterocycles. The van der Waals surface area contributed by atoms with E-state index in [1.165, 1.54) is 25.7 Å². The molecule has 2 saturated carbocycles. The van der Waals surface area contributed by atoms with Gasteiger partial charge in [-0.2, -0.15) is 4.98 Å². The summed E-state index contributed by atoms with van der Waals surface area (Å²) in [7, 11) is 0. The van der Waals surface area contributed by atoms with Gasteiger partial charge in [-0.1, -0.05) is 10.4 Å². The van der Waals surface area contributed by atoms with Gasteiger partial charge in [-0.05, 0) is 25.7 Å². The van der Waals surface area contributed by atoms with Crippen molar-refractivity contribution in [2.75, 3.05) is 0 Å².